The highest BCUT2D eigenvalue weighted by molar-refractivity contribution is 8.00. The molecule has 16 heavy (non-hydrogen) atoms. The third-order valence-electron chi connectivity index (χ3n) is 3.13. The van der Waals surface area contributed by atoms with Crippen LogP contribution in [0.15, 0.2) is 24.3 Å². The number of aliphatic hydroxyl groups excluding tert-OH is 1. The van der Waals surface area contributed by atoms with Crippen LogP contribution in [0, 0.1) is 0 Å². The summed E-state index contributed by atoms with van der Waals surface area (Å²) in [5, 5.41) is 13.9. The van der Waals surface area contributed by atoms with Crippen molar-refractivity contribution < 1.29 is 5.11 Å². The van der Waals surface area contributed by atoms with E-state index in [2.05, 4.69) is 18.3 Å². The Bertz CT molecular complexity index is 354. The maximum Gasteiger partial charge on any atom is 0.0781 e. The molecule has 1 saturated heterocycles. The first-order valence-corrected chi connectivity index (χ1v) is 6.88. The van der Waals surface area contributed by atoms with Gasteiger partial charge in [-0.1, -0.05) is 25.1 Å². The van der Waals surface area contributed by atoms with Crippen LogP contribution in [0.5, 0.6) is 0 Å². The molecule has 1 aromatic rings. The van der Waals surface area contributed by atoms with Crippen LogP contribution in [0.3, 0.4) is 0 Å². The molecule has 2 N–H and O–H groups in total. The smallest absolute Gasteiger partial charge is 0.0781 e. The molecule has 3 atom stereocenters. The summed E-state index contributed by atoms with van der Waals surface area (Å²) in [5.41, 5.74) is 2.07. The van der Waals surface area contributed by atoms with Gasteiger partial charge in [-0.15, -0.1) is 0 Å². The second-order valence-corrected chi connectivity index (χ2v) is 5.86. The summed E-state index contributed by atoms with van der Waals surface area (Å²) in [5.74, 6) is 1.23. The Morgan fingerprint density at radius 1 is 1.44 bits per heavy atom. The number of para-hydroxylation sites is 1. The van der Waals surface area contributed by atoms with Gasteiger partial charge in [0.1, 0.15) is 0 Å². The van der Waals surface area contributed by atoms with Crippen molar-refractivity contribution in [3.63, 3.8) is 0 Å². The zero-order valence-corrected chi connectivity index (χ0v) is 10.6. The number of hydrogen-bond acceptors (Lipinski definition) is 3. The quantitative estimate of drug-likeness (QED) is 0.847. The third-order valence-corrected chi connectivity index (χ3v) is 4.45. The number of anilines is 1. The van der Waals surface area contributed by atoms with E-state index in [1.165, 1.54) is 12.2 Å². The molecule has 1 aliphatic rings. The van der Waals surface area contributed by atoms with Crippen molar-refractivity contribution in [1.29, 1.82) is 0 Å². The Hall–Kier alpha value is -0.670. The van der Waals surface area contributed by atoms with Crippen molar-refractivity contribution in [3.05, 3.63) is 29.8 Å². The topological polar surface area (TPSA) is 32.3 Å². The van der Waals surface area contributed by atoms with E-state index < -0.39 is 6.10 Å². The molecular weight excluding hydrogens is 218 g/mol. The lowest BCUT2D eigenvalue weighted by atomic mass is 10.1. The molecule has 1 heterocycles. The maximum absolute atomic E-state index is 9.70. The molecule has 1 aromatic carbocycles. The zero-order chi connectivity index (χ0) is 11.5. The number of thioether (sulfide) groups is 1. The number of hydrogen-bond donors (Lipinski definition) is 2. The van der Waals surface area contributed by atoms with Gasteiger partial charge in [0.15, 0.2) is 0 Å². The number of rotatable bonds is 3. The first kappa shape index (κ1) is 11.8. The third kappa shape index (κ3) is 2.53. The van der Waals surface area contributed by atoms with Crippen LogP contribution in [-0.2, 0) is 0 Å². The van der Waals surface area contributed by atoms with Gasteiger partial charge in [-0.25, -0.2) is 0 Å². The second kappa shape index (κ2) is 5.11. The van der Waals surface area contributed by atoms with Crippen LogP contribution in [0.4, 0.5) is 5.69 Å². The Morgan fingerprint density at radius 3 is 2.81 bits per heavy atom. The predicted molar refractivity (Wildman–Crippen MR) is 71.0 cm³/mol. The average molecular weight is 237 g/mol. The lowest BCUT2D eigenvalue weighted by molar-refractivity contribution is 0.200. The second-order valence-electron chi connectivity index (χ2n) is 4.38. The van der Waals surface area contributed by atoms with Crippen LogP contribution >= 0.6 is 11.8 Å². The van der Waals surface area contributed by atoms with Crippen molar-refractivity contribution in [1.82, 2.24) is 0 Å². The molecule has 0 radical (unpaired) electrons. The van der Waals surface area contributed by atoms with E-state index in [1.54, 1.807) is 0 Å². The van der Waals surface area contributed by atoms with E-state index in [9.17, 15) is 5.11 Å². The van der Waals surface area contributed by atoms with Gasteiger partial charge in [0.05, 0.1) is 6.10 Å². The summed E-state index contributed by atoms with van der Waals surface area (Å²) >= 11 is 2.01. The van der Waals surface area contributed by atoms with Crippen molar-refractivity contribution >= 4 is 17.4 Å². The standard InChI is InChI=1S/C13H19NOS/c1-9(15)11-5-3-4-6-13(11)14-12-7-8-16-10(12)2/h3-6,9-10,12,14-15H,7-8H2,1-2H3. The SMILES string of the molecule is CC(O)c1ccccc1NC1CCSC1C. The molecular formula is C13H19NOS. The summed E-state index contributed by atoms with van der Waals surface area (Å²) in [4.78, 5) is 0. The predicted octanol–water partition coefficient (Wildman–Crippen LogP) is 3.05. The van der Waals surface area contributed by atoms with Gasteiger partial charge in [-0.3, -0.25) is 0 Å². The van der Waals surface area contributed by atoms with Gasteiger partial charge in [0.2, 0.25) is 0 Å². The number of aliphatic hydroxyl groups is 1. The minimum atomic E-state index is -0.409. The van der Waals surface area contributed by atoms with E-state index in [-0.39, 0.29) is 0 Å². The van der Waals surface area contributed by atoms with Gasteiger partial charge in [-0.05, 0) is 25.2 Å². The molecule has 0 spiro atoms. The number of benzene rings is 1. The Balaban J connectivity index is 2.14. The van der Waals surface area contributed by atoms with E-state index in [1.807, 2.05) is 36.9 Å². The molecule has 0 bridgehead atoms. The Labute approximate surface area is 101 Å². The largest absolute Gasteiger partial charge is 0.389 e. The fourth-order valence-electron chi connectivity index (χ4n) is 2.11. The summed E-state index contributed by atoms with van der Waals surface area (Å²) in [6.07, 6.45) is 0.799. The summed E-state index contributed by atoms with van der Waals surface area (Å²) in [6.45, 7) is 4.08. The molecule has 0 aromatic heterocycles. The summed E-state index contributed by atoms with van der Waals surface area (Å²) in [6, 6.07) is 8.56. The molecule has 3 unspecified atom stereocenters. The van der Waals surface area contributed by atoms with Crippen LogP contribution in [0.25, 0.3) is 0 Å². The maximum atomic E-state index is 9.70. The molecule has 1 fully saturated rings. The Morgan fingerprint density at radius 2 is 2.19 bits per heavy atom. The van der Waals surface area contributed by atoms with Crippen molar-refractivity contribution in [2.75, 3.05) is 11.1 Å². The van der Waals surface area contributed by atoms with E-state index >= 15 is 0 Å². The lowest BCUT2D eigenvalue weighted by Crippen LogP contribution is -2.25. The highest BCUT2D eigenvalue weighted by Crippen LogP contribution is 2.31. The van der Waals surface area contributed by atoms with Crippen LogP contribution in [0.2, 0.25) is 0 Å². The van der Waals surface area contributed by atoms with E-state index in [0.29, 0.717) is 11.3 Å². The fraction of sp³-hybridized carbons (Fsp3) is 0.538. The first-order chi connectivity index (χ1) is 7.68. The van der Waals surface area contributed by atoms with Gasteiger partial charge < -0.3 is 10.4 Å². The van der Waals surface area contributed by atoms with E-state index in [0.717, 1.165) is 11.3 Å². The Kier molecular flexibility index (Phi) is 3.77. The van der Waals surface area contributed by atoms with Crippen LogP contribution in [-0.4, -0.2) is 22.2 Å². The molecule has 88 valence electrons. The first-order valence-electron chi connectivity index (χ1n) is 5.83. The minimum Gasteiger partial charge on any atom is -0.389 e. The van der Waals surface area contributed by atoms with Gasteiger partial charge >= 0.3 is 0 Å². The molecule has 0 amide bonds. The molecule has 2 nitrogen and oxygen atoms in total. The lowest BCUT2D eigenvalue weighted by Gasteiger charge is -2.21. The molecule has 3 heteroatoms. The summed E-state index contributed by atoms with van der Waals surface area (Å²) < 4.78 is 0. The van der Waals surface area contributed by atoms with Crippen LogP contribution < -0.4 is 5.32 Å². The van der Waals surface area contributed by atoms with Crippen molar-refractivity contribution in [3.8, 4) is 0 Å². The highest BCUT2D eigenvalue weighted by atomic mass is 32.2. The summed E-state index contributed by atoms with van der Waals surface area (Å²) in [7, 11) is 0. The van der Waals surface area contributed by atoms with Gasteiger partial charge in [-0.2, -0.15) is 11.8 Å². The minimum absolute atomic E-state index is 0.409. The molecule has 0 aliphatic carbocycles. The fourth-order valence-corrected chi connectivity index (χ4v) is 3.31. The van der Waals surface area contributed by atoms with Gasteiger partial charge in [0.25, 0.3) is 0 Å². The zero-order valence-electron chi connectivity index (χ0n) is 9.81. The van der Waals surface area contributed by atoms with Gasteiger partial charge in [0, 0.05) is 22.5 Å². The molecule has 0 saturated carbocycles. The normalized spacial score (nSPS) is 26.7. The van der Waals surface area contributed by atoms with Crippen molar-refractivity contribution in [2.24, 2.45) is 0 Å². The number of nitrogens with one attached hydrogen (secondary N) is 1. The average Bonchev–Trinajstić information content (AvgIpc) is 2.65. The van der Waals surface area contributed by atoms with Crippen molar-refractivity contribution in [2.45, 2.75) is 37.7 Å². The van der Waals surface area contributed by atoms with E-state index in [4.69, 9.17) is 0 Å². The highest BCUT2D eigenvalue weighted by Gasteiger charge is 2.24. The molecule has 2 rings (SSSR count). The monoisotopic (exact) mass is 237 g/mol. The van der Waals surface area contributed by atoms with Crippen LogP contribution in [0.1, 0.15) is 31.9 Å². The molecule has 1 aliphatic heterocycles.